The largest absolute Gasteiger partial charge is 0.469 e. The number of hydrogen-bond donors (Lipinski definition) is 0. The quantitative estimate of drug-likeness (QED) is 0.685. The summed E-state index contributed by atoms with van der Waals surface area (Å²) in [5.74, 6) is 0.0185. The first-order valence-corrected chi connectivity index (χ1v) is 5.52. The normalized spacial score (nSPS) is 15.1. The van der Waals surface area contributed by atoms with Gasteiger partial charge in [-0.15, -0.1) is 0 Å². The van der Waals surface area contributed by atoms with Crippen LogP contribution >= 0.6 is 0 Å². The fourth-order valence-electron chi connectivity index (χ4n) is 1.74. The van der Waals surface area contributed by atoms with Crippen LogP contribution in [0.1, 0.15) is 25.7 Å². The van der Waals surface area contributed by atoms with Crippen LogP contribution in [0, 0.1) is 11.7 Å². The van der Waals surface area contributed by atoms with Crippen LogP contribution < -0.4 is 0 Å². The minimum Gasteiger partial charge on any atom is -0.469 e. The summed E-state index contributed by atoms with van der Waals surface area (Å²) in [6, 6.07) is 7.94. The Morgan fingerprint density at radius 1 is 1.25 bits per heavy atom. The molecule has 0 aliphatic heterocycles. The van der Waals surface area contributed by atoms with Crippen LogP contribution in [0.3, 0.4) is 0 Å². The third kappa shape index (κ3) is 4.43. The lowest BCUT2D eigenvalue weighted by atomic mass is 10.1. The first kappa shape index (κ1) is 12.7. The van der Waals surface area contributed by atoms with E-state index < -0.39 is 0 Å². The molecule has 0 atom stereocenters. The molecule has 88 valence electrons. The van der Waals surface area contributed by atoms with Crippen molar-refractivity contribution in [3.05, 3.63) is 36.1 Å². The minimum absolute atomic E-state index is 0.0208. The number of halogens is 1. The molecule has 2 rings (SSSR count). The predicted molar refractivity (Wildman–Crippen MR) is 60.4 cm³/mol. The molecule has 0 spiro atoms. The van der Waals surface area contributed by atoms with Crippen LogP contribution in [0.15, 0.2) is 30.3 Å². The van der Waals surface area contributed by atoms with E-state index in [1.54, 1.807) is 18.2 Å². The van der Waals surface area contributed by atoms with E-state index in [1.165, 1.54) is 32.1 Å². The second kappa shape index (κ2) is 6.99. The van der Waals surface area contributed by atoms with Gasteiger partial charge in [0.1, 0.15) is 5.82 Å². The smallest absolute Gasteiger partial charge is 0.308 e. The summed E-state index contributed by atoms with van der Waals surface area (Å²) < 4.78 is 16.5. The van der Waals surface area contributed by atoms with Crippen molar-refractivity contribution in [1.29, 1.82) is 0 Å². The molecule has 1 aromatic carbocycles. The molecule has 0 aromatic heterocycles. The summed E-state index contributed by atoms with van der Waals surface area (Å²) in [6.07, 6.45) is 4.46. The van der Waals surface area contributed by atoms with E-state index in [0.717, 1.165) is 12.8 Å². The number of hydrogen-bond acceptors (Lipinski definition) is 2. The molecule has 0 bridgehead atoms. The van der Waals surface area contributed by atoms with Crippen LogP contribution in [0.2, 0.25) is 0 Å². The molecule has 3 heteroatoms. The van der Waals surface area contributed by atoms with Gasteiger partial charge in [-0.1, -0.05) is 31.0 Å². The molecule has 0 N–H and O–H groups in total. The van der Waals surface area contributed by atoms with E-state index in [2.05, 4.69) is 4.74 Å². The number of carbonyl (C=O) groups excluding carboxylic acids is 1. The standard InChI is InChI=1S/C7H12O2.C6H5F/c1-9-7(8)6-4-2-3-5-6;7-6-4-2-1-3-5-6/h6H,2-5H2,1H3;1-5H. The van der Waals surface area contributed by atoms with Crippen LogP contribution in [0.5, 0.6) is 0 Å². The summed E-state index contributed by atoms with van der Waals surface area (Å²) >= 11 is 0. The number of benzene rings is 1. The zero-order valence-electron chi connectivity index (χ0n) is 9.49. The van der Waals surface area contributed by atoms with Gasteiger partial charge in [0.15, 0.2) is 0 Å². The Bertz CT molecular complexity index is 305. The number of esters is 1. The molecule has 1 aromatic rings. The highest BCUT2D eigenvalue weighted by molar-refractivity contribution is 5.72. The summed E-state index contributed by atoms with van der Waals surface area (Å²) in [5.41, 5.74) is 0. The molecule has 0 radical (unpaired) electrons. The third-order valence-electron chi connectivity index (χ3n) is 2.62. The third-order valence-corrected chi connectivity index (χ3v) is 2.62. The van der Waals surface area contributed by atoms with Crippen molar-refractivity contribution in [2.45, 2.75) is 25.7 Å². The summed E-state index contributed by atoms with van der Waals surface area (Å²) in [4.78, 5) is 10.8. The van der Waals surface area contributed by atoms with Crippen molar-refractivity contribution in [1.82, 2.24) is 0 Å². The van der Waals surface area contributed by atoms with Gasteiger partial charge < -0.3 is 4.74 Å². The van der Waals surface area contributed by atoms with Gasteiger partial charge in [-0.2, -0.15) is 0 Å². The molecule has 0 unspecified atom stereocenters. The number of ether oxygens (including phenoxy) is 1. The van der Waals surface area contributed by atoms with E-state index in [-0.39, 0.29) is 17.7 Å². The van der Waals surface area contributed by atoms with Crippen LogP contribution in [-0.2, 0) is 9.53 Å². The molecule has 1 saturated carbocycles. The molecule has 16 heavy (non-hydrogen) atoms. The molecule has 0 heterocycles. The summed E-state index contributed by atoms with van der Waals surface area (Å²) in [5, 5.41) is 0. The molecule has 0 saturated heterocycles. The van der Waals surface area contributed by atoms with Crippen molar-refractivity contribution in [2.24, 2.45) is 5.92 Å². The molecular weight excluding hydrogens is 207 g/mol. The molecule has 0 amide bonds. The predicted octanol–water partition coefficient (Wildman–Crippen LogP) is 3.18. The van der Waals surface area contributed by atoms with Crippen LogP contribution in [0.25, 0.3) is 0 Å². The Balaban J connectivity index is 0.000000165. The lowest BCUT2D eigenvalue weighted by molar-refractivity contribution is -0.145. The Morgan fingerprint density at radius 3 is 2.19 bits per heavy atom. The second-order valence-corrected chi connectivity index (χ2v) is 3.80. The van der Waals surface area contributed by atoms with E-state index in [1.807, 2.05) is 0 Å². The Kier molecular flexibility index (Phi) is 5.54. The number of methoxy groups -OCH3 is 1. The molecule has 1 fully saturated rings. The average Bonchev–Trinajstić information content (AvgIpc) is 2.83. The fraction of sp³-hybridized carbons (Fsp3) is 0.462. The van der Waals surface area contributed by atoms with E-state index in [4.69, 9.17) is 0 Å². The second-order valence-electron chi connectivity index (χ2n) is 3.80. The first-order chi connectivity index (χ1) is 7.74. The van der Waals surface area contributed by atoms with Crippen molar-refractivity contribution >= 4 is 5.97 Å². The number of rotatable bonds is 1. The summed E-state index contributed by atoms with van der Waals surface area (Å²) in [6.45, 7) is 0. The average molecular weight is 224 g/mol. The van der Waals surface area contributed by atoms with Gasteiger partial charge in [-0.05, 0) is 25.0 Å². The van der Waals surface area contributed by atoms with E-state index >= 15 is 0 Å². The van der Waals surface area contributed by atoms with Crippen molar-refractivity contribution < 1.29 is 13.9 Å². The zero-order valence-corrected chi connectivity index (χ0v) is 9.49. The lowest BCUT2D eigenvalue weighted by Crippen LogP contribution is -2.11. The maximum atomic E-state index is 11.9. The van der Waals surface area contributed by atoms with Crippen molar-refractivity contribution in [3.63, 3.8) is 0 Å². The Morgan fingerprint density at radius 2 is 1.81 bits per heavy atom. The molecule has 1 aliphatic rings. The van der Waals surface area contributed by atoms with Gasteiger partial charge in [0.05, 0.1) is 13.0 Å². The van der Waals surface area contributed by atoms with Crippen molar-refractivity contribution in [2.75, 3.05) is 7.11 Å². The van der Waals surface area contributed by atoms with Gasteiger partial charge in [-0.3, -0.25) is 4.79 Å². The Labute approximate surface area is 95.4 Å². The van der Waals surface area contributed by atoms with Gasteiger partial charge in [0.25, 0.3) is 0 Å². The highest BCUT2D eigenvalue weighted by Crippen LogP contribution is 2.25. The lowest BCUT2D eigenvalue weighted by Gasteiger charge is -2.03. The SMILES string of the molecule is COC(=O)C1CCCC1.Fc1ccccc1. The molecule has 2 nitrogen and oxygen atoms in total. The summed E-state index contributed by atoms with van der Waals surface area (Å²) in [7, 11) is 1.46. The topological polar surface area (TPSA) is 26.3 Å². The fourth-order valence-corrected chi connectivity index (χ4v) is 1.74. The molecule has 1 aliphatic carbocycles. The van der Waals surface area contributed by atoms with Crippen molar-refractivity contribution in [3.8, 4) is 0 Å². The van der Waals surface area contributed by atoms with Gasteiger partial charge in [0, 0.05) is 0 Å². The highest BCUT2D eigenvalue weighted by Gasteiger charge is 2.22. The number of carbonyl (C=O) groups is 1. The van der Waals surface area contributed by atoms with Gasteiger partial charge in [-0.25, -0.2) is 4.39 Å². The van der Waals surface area contributed by atoms with Gasteiger partial charge in [0.2, 0.25) is 0 Å². The maximum Gasteiger partial charge on any atom is 0.308 e. The maximum absolute atomic E-state index is 11.9. The van der Waals surface area contributed by atoms with Crippen LogP contribution in [0.4, 0.5) is 4.39 Å². The van der Waals surface area contributed by atoms with Gasteiger partial charge >= 0.3 is 5.97 Å². The minimum atomic E-state index is -0.178. The monoisotopic (exact) mass is 224 g/mol. The Hall–Kier alpha value is -1.38. The van der Waals surface area contributed by atoms with E-state index in [0.29, 0.717) is 0 Å². The molecular formula is C13H17FO2. The van der Waals surface area contributed by atoms with Crippen LogP contribution in [-0.4, -0.2) is 13.1 Å². The zero-order chi connectivity index (χ0) is 11.8. The first-order valence-electron chi connectivity index (χ1n) is 5.52. The highest BCUT2D eigenvalue weighted by atomic mass is 19.1. The van der Waals surface area contributed by atoms with E-state index in [9.17, 15) is 9.18 Å².